The average Bonchev–Trinajstić information content (AvgIpc) is 4.22. The van der Waals surface area contributed by atoms with E-state index < -0.39 is 0 Å². The third-order valence-corrected chi connectivity index (χ3v) is 23.0. The van der Waals surface area contributed by atoms with Gasteiger partial charge < -0.3 is 33.4 Å². The molecular formula is C71H77N3O4. The Morgan fingerprint density at radius 1 is 0.346 bits per heavy atom. The van der Waals surface area contributed by atoms with Crippen LogP contribution in [0.4, 0.5) is 11.4 Å². The van der Waals surface area contributed by atoms with Crippen molar-refractivity contribution in [1.29, 1.82) is 0 Å². The Kier molecular flexibility index (Phi) is 11.5. The highest BCUT2D eigenvalue weighted by atomic mass is 16.5. The molecule has 3 aliphatic heterocycles. The Bertz CT molecular complexity index is 3250. The van der Waals surface area contributed by atoms with Gasteiger partial charge in [-0.3, -0.25) is 0 Å². The summed E-state index contributed by atoms with van der Waals surface area (Å²) in [7, 11) is 0. The fourth-order valence-electron chi connectivity index (χ4n) is 20.0. The van der Waals surface area contributed by atoms with Crippen LogP contribution in [0, 0.1) is 41.4 Å². The zero-order valence-corrected chi connectivity index (χ0v) is 45.3. The van der Waals surface area contributed by atoms with Crippen molar-refractivity contribution in [2.45, 2.75) is 169 Å². The summed E-state index contributed by atoms with van der Waals surface area (Å²) in [6.45, 7) is 0.980. The Morgan fingerprint density at radius 2 is 0.808 bits per heavy atom. The fourth-order valence-corrected chi connectivity index (χ4v) is 20.0. The standard InChI is InChI=1S/C71H77N3O4/c1-3-17-44(18-4-1)73-59-27-9-13-31-65(59)75-67-39-56-48-34-33-42(46-23-15-25-51-49-21-7-11-29-63(49)77-70(46)51)35-53(48)54-37-62-68(76-66-32-14-10-28-60(66)74(62)45-19-5-2-6-20-45)40-58(54)69-57(55(56)38-61(67)73)36-43(41-72-69)47-24-16-26-52-50-22-8-12-30-64(50)78-71(47)52/h1-8,11-12,15-26,29-30,42-43,48,53-62,65-69,72H,9-10,13-14,27-28,31-41H2. The predicted molar refractivity (Wildman–Crippen MR) is 313 cm³/mol. The molecule has 3 saturated heterocycles. The van der Waals surface area contributed by atoms with E-state index in [1.165, 1.54) is 140 Å². The topological polar surface area (TPSA) is 63.3 Å². The number of fused-ring (bicyclic) bond motifs is 18. The molecule has 17 rings (SSSR count). The number of hydrogen-bond donors (Lipinski definition) is 1. The molecule has 2 aromatic heterocycles. The van der Waals surface area contributed by atoms with E-state index in [9.17, 15) is 0 Å². The molecule has 7 nitrogen and oxygen atoms in total. The third kappa shape index (κ3) is 7.52. The number of hydrogen-bond acceptors (Lipinski definition) is 7. The first-order valence-electron chi connectivity index (χ1n) is 31.2. The molecule has 1 N–H and O–H groups in total. The average molecular weight is 1040 g/mol. The zero-order chi connectivity index (χ0) is 51.0. The van der Waals surface area contributed by atoms with E-state index >= 15 is 0 Å². The van der Waals surface area contributed by atoms with E-state index in [-0.39, 0.29) is 12.2 Å². The van der Waals surface area contributed by atoms with Gasteiger partial charge in [-0.2, -0.15) is 0 Å². The lowest BCUT2D eigenvalue weighted by Crippen LogP contribution is -2.69. The molecule has 0 amide bonds. The van der Waals surface area contributed by atoms with Crippen molar-refractivity contribution < 1.29 is 18.3 Å². The second-order valence-corrected chi connectivity index (χ2v) is 26.4. The number of morpholine rings is 2. The number of nitrogens with one attached hydrogen (secondary N) is 1. The number of furan rings is 2. The molecule has 9 aliphatic rings. The number of piperidine rings is 1. The molecule has 7 heteroatoms. The normalized spacial score (nSPS) is 37.4. The molecule has 5 heterocycles. The van der Waals surface area contributed by atoms with Gasteiger partial charge in [0.1, 0.15) is 22.3 Å². The van der Waals surface area contributed by atoms with Crippen LogP contribution in [0.5, 0.6) is 0 Å². The summed E-state index contributed by atoms with van der Waals surface area (Å²) >= 11 is 0. The van der Waals surface area contributed by atoms with Crippen molar-refractivity contribution >= 4 is 55.3 Å². The first kappa shape index (κ1) is 47.2. The smallest absolute Gasteiger partial charge is 0.138 e. The Morgan fingerprint density at radius 3 is 1.40 bits per heavy atom. The number of benzene rings is 6. The molecule has 0 spiro atoms. The number of nitrogens with zero attached hydrogens (tertiary/aromatic N) is 2. The van der Waals surface area contributed by atoms with Gasteiger partial charge in [0.15, 0.2) is 0 Å². The lowest BCUT2D eigenvalue weighted by atomic mass is 9.47. The van der Waals surface area contributed by atoms with Crippen molar-refractivity contribution in [1.82, 2.24) is 5.32 Å². The van der Waals surface area contributed by atoms with Gasteiger partial charge in [0.05, 0.1) is 48.6 Å². The maximum atomic E-state index is 7.70. The monoisotopic (exact) mass is 1040 g/mol. The van der Waals surface area contributed by atoms with Gasteiger partial charge in [0, 0.05) is 51.4 Å². The van der Waals surface area contributed by atoms with Gasteiger partial charge in [0.2, 0.25) is 0 Å². The first-order valence-corrected chi connectivity index (χ1v) is 31.2. The molecule has 6 saturated carbocycles. The molecule has 78 heavy (non-hydrogen) atoms. The number of rotatable bonds is 4. The van der Waals surface area contributed by atoms with E-state index in [1.54, 1.807) is 0 Å². The highest BCUT2D eigenvalue weighted by Crippen LogP contribution is 2.63. The first-order chi connectivity index (χ1) is 38.7. The number of ether oxygens (including phenoxy) is 2. The van der Waals surface area contributed by atoms with Crippen LogP contribution in [0.15, 0.2) is 154 Å². The van der Waals surface area contributed by atoms with Crippen molar-refractivity contribution in [3.8, 4) is 0 Å². The van der Waals surface area contributed by atoms with E-state index in [2.05, 4.69) is 161 Å². The van der Waals surface area contributed by atoms with E-state index in [1.807, 2.05) is 0 Å². The van der Waals surface area contributed by atoms with Gasteiger partial charge in [-0.25, -0.2) is 0 Å². The minimum atomic E-state index is 0.215. The summed E-state index contributed by atoms with van der Waals surface area (Å²) in [6, 6.07) is 56.9. The maximum absolute atomic E-state index is 7.70. The number of anilines is 2. The van der Waals surface area contributed by atoms with Gasteiger partial charge in [-0.15, -0.1) is 0 Å². The molecule has 0 bridgehead atoms. The summed E-state index contributed by atoms with van der Waals surface area (Å²) in [5.74, 6) is 4.76. The Balaban J connectivity index is 0.822. The highest BCUT2D eigenvalue weighted by molar-refractivity contribution is 6.06. The molecule has 18 atom stereocenters. The van der Waals surface area contributed by atoms with Crippen LogP contribution >= 0.6 is 0 Å². The molecule has 400 valence electrons. The Labute approximate surface area is 460 Å². The number of para-hydroxylation sites is 6. The largest absolute Gasteiger partial charge is 0.456 e. The van der Waals surface area contributed by atoms with Crippen molar-refractivity contribution in [2.24, 2.45) is 41.4 Å². The van der Waals surface area contributed by atoms with Crippen LogP contribution in [-0.2, 0) is 9.47 Å². The highest BCUT2D eigenvalue weighted by Gasteiger charge is 2.61. The lowest BCUT2D eigenvalue weighted by Gasteiger charge is -2.64. The van der Waals surface area contributed by atoms with Crippen LogP contribution in [0.25, 0.3) is 43.9 Å². The minimum absolute atomic E-state index is 0.215. The molecular weight excluding hydrogens is 959 g/mol. The second-order valence-electron chi connectivity index (χ2n) is 26.4. The molecule has 18 unspecified atom stereocenters. The van der Waals surface area contributed by atoms with Gasteiger partial charge in [-0.05, 0) is 172 Å². The third-order valence-electron chi connectivity index (χ3n) is 23.0. The van der Waals surface area contributed by atoms with Crippen LogP contribution in [-0.4, -0.2) is 61.2 Å². The van der Waals surface area contributed by atoms with Crippen LogP contribution in [0.3, 0.4) is 0 Å². The van der Waals surface area contributed by atoms with Crippen molar-refractivity contribution in [2.75, 3.05) is 16.3 Å². The van der Waals surface area contributed by atoms with E-state index in [0.29, 0.717) is 95.7 Å². The fraction of sp³-hybridized carbons (Fsp3) is 0.493. The molecule has 9 fully saturated rings. The van der Waals surface area contributed by atoms with Crippen LogP contribution < -0.4 is 15.1 Å². The lowest BCUT2D eigenvalue weighted by molar-refractivity contribution is -0.162. The summed E-state index contributed by atoms with van der Waals surface area (Å²) in [5.41, 5.74) is 9.92. The maximum Gasteiger partial charge on any atom is 0.138 e. The molecule has 6 aromatic carbocycles. The minimum Gasteiger partial charge on any atom is -0.456 e. The molecule has 6 aliphatic carbocycles. The van der Waals surface area contributed by atoms with Gasteiger partial charge in [-0.1, -0.05) is 135 Å². The Hall–Kier alpha value is -5.60. The van der Waals surface area contributed by atoms with Crippen molar-refractivity contribution in [3.63, 3.8) is 0 Å². The second kappa shape index (κ2) is 19.0. The van der Waals surface area contributed by atoms with Gasteiger partial charge in [0.25, 0.3) is 0 Å². The van der Waals surface area contributed by atoms with E-state index in [0.717, 1.165) is 35.3 Å². The predicted octanol–water partition coefficient (Wildman–Crippen LogP) is 16.0. The van der Waals surface area contributed by atoms with Gasteiger partial charge >= 0.3 is 0 Å². The van der Waals surface area contributed by atoms with Crippen LogP contribution in [0.1, 0.15) is 126 Å². The zero-order valence-electron chi connectivity index (χ0n) is 45.3. The molecule has 8 aromatic rings. The summed E-state index contributed by atoms with van der Waals surface area (Å²) in [4.78, 5) is 5.94. The SMILES string of the molecule is c1ccc(N2C3CCCCC3OC3CC4C5CCC(c6cccc7c6oc6ccccc67)CC5C5CC6C(CC5C5NCC(c7cccc8c7oc7ccccc78)CC5C4CC32)OC2CCCCC2N6c2ccccc2)cc1. The summed E-state index contributed by atoms with van der Waals surface area (Å²) in [6.07, 6.45) is 20.6. The summed E-state index contributed by atoms with van der Waals surface area (Å²) < 4.78 is 29.3. The van der Waals surface area contributed by atoms with Crippen LogP contribution in [0.2, 0.25) is 0 Å². The van der Waals surface area contributed by atoms with Crippen molar-refractivity contribution in [3.05, 3.63) is 157 Å². The summed E-state index contributed by atoms with van der Waals surface area (Å²) in [5, 5.41) is 9.64. The molecule has 0 radical (unpaired) electrons. The van der Waals surface area contributed by atoms with E-state index in [4.69, 9.17) is 18.3 Å². The quantitative estimate of drug-likeness (QED) is 0.176.